The molecule has 0 aliphatic rings. The zero-order valence-corrected chi connectivity index (χ0v) is 16.4. The summed E-state index contributed by atoms with van der Waals surface area (Å²) in [6.07, 6.45) is 1.68. The van der Waals surface area contributed by atoms with E-state index in [0.29, 0.717) is 17.2 Å². The summed E-state index contributed by atoms with van der Waals surface area (Å²) in [5.74, 6) is -0.224. The molecule has 0 saturated heterocycles. The van der Waals surface area contributed by atoms with Gasteiger partial charge in [0.25, 0.3) is 0 Å². The normalized spacial score (nSPS) is 10.5. The number of aliphatic carboxylic acids is 1. The largest absolute Gasteiger partial charge is 0.480 e. The Morgan fingerprint density at radius 1 is 1.11 bits per heavy atom. The monoisotopic (exact) mass is 427 g/mol. The maximum Gasteiger partial charge on any atom is 0.322 e. The van der Waals surface area contributed by atoms with Crippen LogP contribution in [-0.4, -0.2) is 32.6 Å². The van der Waals surface area contributed by atoms with E-state index < -0.39 is 5.97 Å². The molecule has 3 N–H and O–H groups in total. The number of halogens is 1. The first-order valence-corrected chi connectivity index (χ1v) is 9.01. The predicted molar refractivity (Wildman–Crippen MR) is 108 cm³/mol. The smallest absolute Gasteiger partial charge is 0.322 e. The van der Waals surface area contributed by atoms with E-state index in [2.05, 4.69) is 41.5 Å². The third kappa shape index (κ3) is 4.79. The van der Waals surface area contributed by atoms with Crippen LogP contribution in [0, 0.1) is 13.8 Å². The number of benzene rings is 1. The minimum absolute atomic E-state index is 0.218. The van der Waals surface area contributed by atoms with Crippen LogP contribution in [0.5, 0.6) is 0 Å². The Hall–Kier alpha value is -3.00. The van der Waals surface area contributed by atoms with Gasteiger partial charge in [0, 0.05) is 22.4 Å². The molecule has 7 nitrogen and oxygen atoms in total. The van der Waals surface area contributed by atoms with Crippen molar-refractivity contribution in [2.24, 2.45) is 0 Å². The van der Waals surface area contributed by atoms with Gasteiger partial charge in [-0.15, -0.1) is 0 Å². The van der Waals surface area contributed by atoms with Crippen LogP contribution in [-0.2, 0) is 4.79 Å². The number of anilines is 3. The first kappa shape index (κ1) is 18.8. The molecule has 0 bridgehead atoms. The molecule has 1 aromatic carbocycles. The molecule has 8 heteroatoms. The van der Waals surface area contributed by atoms with Gasteiger partial charge >= 0.3 is 5.97 Å². The van der Waals surface area contributed by atoms with E-state index in [1.54, 1.807) is 12.3 Å². The van der Waals surface area contributed by atoms with Crippen molar-refractivity contribution in [2.45, 2.75) is 13.8 Å². The lowest BCUT2D eigenvalue weighted by Crippen LogP contribution is -2.15. The molecule has 0 aliphatic heterocycles. The van der Waals surface area contributed by atoms with Crippen molar-refractivity contribution in [1.29, 1.82) is 0 Å². The van der Waals surface area contributed by atoms with Crippen molar-refractivity contribution in [1.82, 2.24) is 15.0 Å². The number of nitrogens with one attached hydrogen (secondary N) is 2. The van der Waals surface area contributed by atoms with Crippen molar-refractivity contribution < 1.29 is 9.90 Å². The van der Waals surface area contributed by atoms with Crippen molar-refractivity contribution >= 4 is 39.4 Å². The molecule has 0 saturated carbocycles. The molecule has 27 heavy (non-hydrogen) atoms. The van der Waals surface area contributed by atoms with Crippen LogP contribution < -0.4 is 10.6 Å². The number of pyridine rings is 1. The van der Waals surface area contributed by atoms with Crippen LogP contribution in [0.1, 0.15) is 11.1 Å². The van der Waals surface area contributed by atoms with E-state index in [0.717, 1.165) is 21.3 Å². The maximum absolute atomic E-state index is 10.9. The van der Waals surface area contributed by atoms with Crippen molar-refractivity contribution in [3.63, 3.8) is 0 Å². The van der Waals surface area contributed by atoms with Crippen LogP contribution in [0.3, 0.4) is 0 Å². The van der Waals surface area contributed by atoms with Crippen molar-refractivity contribution in [2.75, 3.05) is 17.2 Å². The molecule has 3 rings (SSSR count). The Morgan fingerprint density at radius 3 is 2.48 bits per heavy atom. The zero-order valence-electron chi connectivity index (χ0n) is 14.8. The number of carbonyl (C=O) groups is 1. The van der Waals surface area contributed by atoms with E-state index >= 15 is 0 Å². The van der Waals surface area contributed by atoms with Gasteiger partial charge in [-0.2, -0.15) is 4.98 Å². The van der Waals surface area contributed by atoms with Gasteiger partial charge < -0.3 is 15.7 Å². The minimum Gasteiger partial charge on any atom is -0.480 e. The van der Waals surface area contributed by atoms with Gasteiger partial charge in [0.15, 0.2) is 0 Å². The SMILES string of the molecule is Cc1cc(Br)cc(C)c1Nc1cc(-c2ccccn2)nc(NCC(=O)O)n1. The molecule has 2 heterocycles. The number of carboxylic acid groups (broad SMARTS) is 1. The van der Waals surface area contributed by atoms with E-state index in [1.807, 2.05) is 44.2 Å². The van der Waals surface area contributed by atoms with E-state index in [4.69, 9.17) is 5.11 Å². The second-order valence-corrected chi connectivity index (χ2v) is 6.88. The molecule has 0 amide bonds. The molecule has 0 atom stereocenters. The first-order chi connectivity index (χ1) is 12.9. The van der Waals surface area contributed by atoms with Gasteiger partial charge in [0.2, 0.25) is 5.95 Å². The van der Waals surface area contributed by atoms with Crippen molar-refractivity contribution in [3.05, 3.63) is 58.2 Å². The Kier molecular flexibility index (Phi) is 5.66. The Bertz CT molecular complexity index is 956. The highest BCUT2D eigenvalue weighted by Gasteiger charge is 2.11. The van der Waals surface area contributed by atoms with Gasteiger partial charge in [0.05, 0.1) is 11.4 Å². The minimum atomic E-state index is -0.990. The highest BCUT2D eigenvalue weighted by Crippen LogP contribution is 2.29. The lowest BCUT2D eigenvalue weighted by Gasteiger charge is -2.14. The molecular weight excluding hydrogens is 410 g/mol. The van der Waals surface area contributed by atoms with Gasteiger partial charge in [-0.05, 0) is 49.2 Å². The Morgan fingerprint density at radius 2 is 1.85 bits per heavy atom. The number of rotatable bonds is 6. The predicted octanol–water partition coefficient (Wildman–Crippen LogP) is 4.16. The number of aromatic nitrogens is 3. The Balaban J connectivity index is 2.01. The summed E-state index contributed by atoms with van der Waals surface area (Å²) in [6.45, 7) is 3.73. The number of hydrogen-bond donors (Lipinski definition) is 3. The summed E-state index contributed by atoms with van der Waals surface area (Å²) in [6, 6.07) is 11.3. The molecule has 0 unspecified atom stereocenters. The molecule has 0 spiro atoms. The molecule has 2 aromatic heterocycles. The van der Waals surface area contributed by atoms with Gasteiger partial charge in [0.1, 0.15) is 12.4 Å². The molecule has 3 aromatic rings. The quantitative estimate of drug-likeness (QED) is 0.542. The summed E-state index contributed by atoms with van der Waals surface area (Å²) in [4.78, 5) is 24.0. The van der Waals surface area contributed by atoms with Gasteiger partial charge in [-0.1, -0.05) is 22.0 Å². The molecule has 0 aliphatic carbocycles. The molecular formula is C19H18BrN5O2. The van der Waals surface area contributed by atoms with E-state index in [9.17, 15) is 4.79 Å². The lowest BCUT2D eigenvalue weighted by atomic mass is 10.1. The second-order valence-electron chi connectivity index (χ2n) is 5.96. The lowest BCUT2D eigenvalue weighted by molar-refractivity contribution is -0.134. The molecule has 0 radical (unpaired) electrons. The Labute approximate surface area is 165 Å². The second kappa shape index (κ2) is 8.13. The maximum atomic E-state index is 10.9. The average Bonchev–Trinajstić information content (AvgIpc) is 2.63. The van der Waals surface area contributed by atoms with E-state index in [-0.39, 0.29) is 12.5 Å². The fourth-order valence-electron chi connectivity index (χ4n) is 2.63. The summed E-state index contributed by atoms with van der Waals surface area (Å²) in [5.41, 5.74) is 4.31. The van der Waals surface area contributed by atoms with Crippen LogP contribution >= 0.6 is 15.9 Å². The fourth-order valence-corrected chi connectivity index (χ4v) is 3.31. The molecule has 138 valence electrons. The third-order valence-electron chi connectivity index (χ3n) is 3.80. The first-order valence-electron chi connectivity index (χ1n) is 8.22. The fraction of sp³-hybridized carbons (Fsp3) is 0.158. The standard InChI is InChI=1S/C19H18BrN5O2/c1-11-7-13(20)8-12(2)18(11)24-16-9-15(14-5-3-4-6-21-14)23-19(25-16)22-10-17(26)27/h3-9H,10H2,1-2H3,(H,26,27)(H2,22,23,24,25). The van der Waals surface area contributed by atoms with E-state index in [1.165, 1.54) is 0 Å². The number of hydrogen-bond acceptors (Lipinski definition) is 6. The summed E-state index contributed by atoms with van der Waals surface area (Å²) in [7, 11) is 0. The van der Waals surface area contributed by atoms with Crippen LogP contribution in [0.4, 0.5) is 17.5 Å². The van der Waals surface area contributed by atoms with Crippen molar-refractivity contribution in [3.8, 4) is 11.4 Å². The summed E-state index contributed by atoms with van der Waals surface area (Å²) < 4.78 is 1.00. The van der Waals surface area contributed by atoms with Crippen LogP contribution in [0.25, 0.3) is 11.4 Å². The highest BCUT2D eigenvalue weighted by molar-refractivity contribution is 9.10. The number of carboxylic acids is 1. The summed E-state index contributed by atoms with van der Waals surface area (Å²) in [5, 5.41) is 15.0. The summed E-state index contributed by atoms with van der Waals surface area (Å²) >= 11 is 3.49. The molecule has 0 fully saturated rings. The topological polar surface area (TPSA) is 100 Å². The number of aryl methyl sites for hydroxylation is 2. The van der Waals surface area contributed by atoms with Crippen LogP contribution in [0.15, 0.2) is 47.1 Å². The van der Waals surface area contributed by atoms with Gasteiger partial charge in [-0.25, -0.2) is 4.98 Å². The van der Waals surface area contributed by atoms with Gasteiger partial charge in [-0.3, -0.25) is 9.78 Å². The zero-order chi connectivity index (χ0) is 19.4. The average molecular weight is 428 g/mol. The number of nitrogens with zero attached hydrogens (tertiary/aromatic N) is 3. The highest BCUT2D eigenvalue weighted by atomic mass is 79.9. The van der Waals surface area contributed by atoms with Crippen LogP contribution in [0.2, 0.25) is 0 Å². The third-order valence-corrected chi connectivity index (χ3v) is 4.26.